The molecule has 0 radical (unpaired) electrons. The second-order valence-electron chi connectivity index (χ2n) is 5.97. The van der Waals surface area contributed by atoms with E-state index in [9.17, 15) is 4.79 Å². The van der Waals surface area contributed by atoms with Crippen LogP contribution < -0.4 is 0 Å². The Morgan fingerprint density at radius 2 is 2.38 bits per heavy atom. The topological polar surface area (TPSA) is 74.8 Å². The molecule has 1 aliphatic heterocycles. The average molecular weight is 339 g/mol. The van der Waals surface area contributed by atoms with Crippen LogP contribution in [0.3, 0.4) is 0 Å². The predicted molar refractivity (Wildman–Crippen MR) is 91.6 cm³/mol. The maximum absolute atomic E-state index is 12.4. The van der Waals surface area contributed by atoms with Crippen LogP contribution in [0, 0.1) is 5.92 Å². The van der Waals surface area contributed by atoms with Crippen molar-refractivity contribution in [2.24, 2.45) is 5.92 Å². The summed E-state index contributed by atoms with van der Waals surface area (Å²) in [5, 5.41) is 11.1. The van der Waals surface area contributed by atoms with Crippen molar-refractivity contribution < 1.29 is 4.79 Å². The normalized spacial score (nSPS) is 17.3. The van der Waals surface area contributed by atoms with Gasteiger partial charge in [-0.15, -0.1) is 0 Å². The molecule has 1 unspecified atom stereocenters. The van der Waals surface area contributed by atoms with E-state index >= 15 is 0 Å². The Balaban J connectivity index is 1.39. The molecule has 0 bridgehead atoms. The number of likely N-dealkylation sites (tertiary alicyclic amines) is 1. The number of hydrogen-bond donors (Lipinski definition) is 1. The first-order valence-electron chi connectivity index (χ1n) is 7.93. The third-order valence-corrected chi connectivity index (χ3v) is 4.96. The number of pyridine rings is 1. The summed E-state index contributed by atoms with van der Waals surface area (Å²) in [5.41, 5.74) is 1.69. The lowest BCUT2D eigenvalue weighted by atomic mass is 10.1. The van der Waals surface area contributed by atoms with E-state index in [0.717, 1.165) is 42.9 Å². The standard InChI is InChI=1S/C17H17N5OS/c23-17(14-4-7-24-11-14)22-6-3-12(10-22)8-15-19-16(21-20-15)13-2-1-5-18-9-13/h1-2,4-5,7,9,11-12H,3,6,8,10H2,(H,19,20,21). The molecule has 1 atom stereocenters. The van der Waals surface area contributed by atoms with Gasteiger partial charge in [-0.05, 0) is 35.9 Å². The summed E-state index contributed by atoms with van der Waals surface area (Å²) in [6.45, 7) is 1.58. The molecule has 1 N–H and O–H groups in total. The minimum absolute atomic E-state index is 0.132. The van der Waals surface area contributed by atoms with Gasteiger partial charge < -0.3 is 4.90 Å². The lowest BCUT2D eigenvalue weighted by Gasteiger charge is -2.15. The Kier molecular flexibility index (Phi) is 4.08. The van der Waals surface area contributed by atoms with E-state index < -0.39 is 0 Å². The van der Waals surface area contributed by atoms with Crippen LogP contribution in [0.1, 0.15) is 22.6 Å². The molecule has 3 aromatic rings. The van der Waals surface area contributed by atoms with Gasteiger partial charge in [0, 0.05) is 42.8 Å². The molecule has 0 aromatic carbocycles. The van der Waals surface area contributed by atoms with Gasteiger partial charge in [0.1, 0.15) is 5.82 Å². The molecule has 4 rings (SSSR count). The third kappa shape index (κ3) is 3.07. The van der Waals surface area contributed by atoms with Crippen molar-refractivity contribution in [1.29, 1.82) is 0 Å². The summed E-state index contributed by atoms with van der Waals surface area (Å²) in [5.74, 6) is 2.08. The lowest BCUT2D eigenvalue weighted by molar-refractivity contribution is 0.0787. The van der Waals surface area contributed by atoms with Crippen molar-refractivity contribution in [2.75, 3.05) is 13.1 Å². The van der Waals surface area contributed by atoms with Gasteiger partial charge in [0.05, 0.1) is 5.56 Å². The van der Waals surface area contributed by atoms with Crippen LogP contribution in [0.2, 0.25) is 0 Å². The smallest absolute Gasteiger partial charge is 0.254 e. The fraction of sp³-hybridized carbons (Fsp3) is 0.294. The number of aromatic amines is 1. The van der Waals surface area contributed by atoms with Crippen molar-refractivity contribution >= 4 is 17.2 Å². The number of thiophene rings is 1. The highest BCUT2D eigenvalue weighted by Crippen LogP contribution is 2.23. The third-order valence-electron chi connectivity index (χ3n) is 4.27. The summed E-state index contributed by atoms with van der Waals surface area (Å²) in [6, 6.07) is 5.70. The zero-order valence-electron chi connectivity index (χ0n) is 13.1. The van der Waals surface area contributed by atoms with E-state index in [1.165, 1.54) is 0 Å². The lowest BCUT2D eigenvalue weighted by Crippen LogP contribution is -2.28. The van der Waals surface area contributed by atoms with E-state index in [4.69, 9.17) is 0 Å². The van der Waals surface area contributed by atoms with E-state index in [1.54, 1.807) is 23.7 Å². The van der Waals surface area contributed by atoms with Gasteiger partial charge in [0.2, 0.25) is 0 Å². The fourth-order valence-electron chi connectivity index (χ4n) is 3.04. The average Bonchev–Trinajstić information content (AvgIpc) is 3.37. The van der Waals surface area contributed by atoms with E-state index in [-0.39, 0.29) is 5.91 Å². The molecule has 6 nitrogen and oxygen atoms in total. The first-order chi connectivity index (χ1) is 11.8. The van der Waals surface area contributed by atoms with Crippen LogP contribution in [-0.2, 0) is 6.42 Å². The molecule has 7 heteroatoms. The molecule has 1 fully saturated rings. The minimum atomic E-state index is 0.132. The Labute approximate surface area is 143 Å². The molecule has 24 heavy (non-hydrogen) atoms. The van der Waals surface area contributed by atoms with Crippen LogP contribution in [0.25, 0.3) is 11.4 Å². The summed E-state index contributed by atoms with van der Waals surface area (Å²) in [6.07, 6.45) is 5.29. The second kappa shape index (κ2) is 6.52. The van der Waals surface area contributed by atoms with Crippen molar-refractivity contribution in [3.8, 4) is 11.4 Å². The number of carbonyl (C=O) groups is 1. The van der Waals surface area contributed by atoms with Crippen molar-refractivity contribution in [3.05, 3.63) is 52.7 Å². The maximum atomic E-state index is 12.4. The first-order valence-corrected chi connectivity index (χ1v) is 8.87. The Morgan fingerprint density at radius 3 is 3.17 bits per heavy atom. The number of aromatic nitrogens is 4. The fourth-order valence-corrected chi connectivity index (χ4v) is 3.67. The van der Waals surface area contributed by atoms with Crippen LogP contribution >= 0.6 is 11.3 Å². The molecular formula is C17H17N5OS. The van der Waals surface area contributed by atoms with Gasteiger partial charge in [-0.3, -0.25) is 14.9 Å². The van der Waals surface area contributed by atoms with Gasteiger partial charge in [-0.2, -0.15) is 16.4 Å². The number of amides is 1. The highest BCUT2D eigenvalue weighted by atomic mass is 32.1. The maximum Gasteiger partial charge on any atom is 0.254 e. The second-order valence-corrected chi connectivity index (χ2v) is 6.75. The van der Waals surface area contributed by atoms with E-state index in [0.29, 0.717) is 11.7 Å². The highest BCUT2D eigenvalue weighted by molar-refractivity contribution is 7.08. The molecule has 4 heterocycles. The molecule has 122 valence electrons. The number of nitrogens with one attached hydrogen (secondary N) is 1. The number of nitrogens with zero attached hydrogens (tertiary/aromatic N) is 4. The zero-order valence-corrected chi connectivity index (χ0v) is 13.9. The van der Waals surface area contributed by atoms with Gasteiger partial charge >= 0.3 is 0 Å². The van der Waals surface area contributed by atoms with Gasteiger partial charge in [0.25, 0.3) is 5.91 Å². The predicted octanol–water partition coefficient (Wildman–Crippen LogP) is 2.63. The Morgan fingerprint density at radius 1 is 1.42 bits per heavy atom. The molecule has 0 saturated carbocycles. The summed E-state index contributed by atoms with van der Waals surface area (Å²) in [4.78, 5) is 23.0. The number of H-pyrrole nitrogens is 1. The first kappa shape index (κ1) is 15.0. The van der Waals surface area contributed by atoms with Crippen molar-refractivity contribution in [1.82, 2.24) is 25.1 Å². The SMILES string of the molecule is O=C(c1ccsc1)N1CCC(Cc2nc(-c3cccnc3)n[nH]2)C1. The van der Waals surface area contributed by atoms with Gasteiger partial charge in [-0.25, -0.2) is 4.98 Å². The van der Waals surface area contributed by atoms with E-state index in [2.05, 4.69) is 20.2 Å². The van der Waals surface area contributed by atoms with Crippen LogP contribution in [-0.4, -0.2) is 44.1 Å². The summed E-state index contributed by atoms with van der Waals surface area (Å²) < 4.78 is 0. The number of hydrogen-bond acceptors (Lipinski definition) is 5. The van der Waals surface area contributed by atoms with Gasteiger partial charge in [0.15, 0.2) is 5.82 Å². The summed E-state index contributed by atoms with van der Waals surface area (Å²) in [7, 11) is 0. The van der Waals surface area contributed by atoms with Crippen LogP contribution in [0.5, 0.6) is 0 Å². The monoisotopic (exact) mass is 339 g/mol. The molecule has 1 aliphatic rings. The largest absolute Gasteiger partial charge is 0.338 e. The quantitative estimate of drug-likeness (QED) is 0.793. The highest BCUT2D eigenvalue weighted by Gasteiger charge is 2.28. The van der Waals surface area contributed by atoms with Crippen molar-refractivity contribution in [2.45, 2.75) is 12.8 Å². The van der Waals surface area contributed by atoms with Crippen LogP contribution in [0.4, 0.5) is 0 Å². The van der Waals surface area contributed by atoms with Crippen LogP contribution in [0.15, 0.2) is 41.4 Å². The molecular weight excluding hydrogens is 322 g/mol. The molecule has 1 saturated heterocycles. The Bertz CT molecular complexity index is 815. The Hall–Kier alpha value is -2.54. The zero-order chi connectivity index (χ0) is 16.4. The molecule has 0 aliphatic carbocycles. The minimum Gasteiger partial charge on any atom is -0.338 e. The van der Waals surface area contributed by atoms with Crippen molar-refractivity contribution in [3.63, 3.8) is 0 Å². The van der Waals surface area contributed by atoms with Gasteiger partial charge in [-0.1, -0.05) is 0 Å². The van der Waals surface area contributed by atoms with E-state index in [1.807, 2.05) is 33.9 Å². The molecule has 3 aromatic heterocycles. The number of rotatable bonds is 4. The molecule has 0 spiro atoms. The number of carbonyl (C=O) groups excluding carboxylic acids is 1. The summed E-state index contributed by atoms with van der Waals surface area (Å²) >= 11 is 1.55. The molecule has 1 amide bonds.